The molecule has 0 aliphatic rings. The van der Waals surface area contributed by atoms with E-state index in [1.807, 2.05) is 0 Å². The zero-order chi connectivity index (χ0) is 15.1. The fourth-order valence-corrected chi connectivity index (χ4v) is 3.05. The van der Waals surface area contributed by atoms with Gasteiger partial charge >= 0.3 is 0 Å². The molecule has 1 N–H and O–H groups in total. The lowest BCUT2D eigenvalue weighted by Gasteiger charge is -2.03. The Hall–Kier alpha value is -0.160. The Morgan fingerprint density at radius 3 is 1.19 bits per heavy atom. The Labute approximate surface area is 131 Å². The molecule has 0 saturated heterocycles. The highest BCUT2D eigenvalue weighted by Crippen LogP contribution is 2.13. The van der Waals surface area contributed by atoms with Gasteiger partial charge in [0.1, 0.15) is 0 Å². The largest absolute Gasteiger partial charge is 0.286 e. The molecule has 0 saturated carbocycles. The van der Waals surface area contributed by atoms with Crippen LogP contribution >= 0.6 is 0 Å². The van der Waals surface area contributed by atoms with Crippen molar-refractivity contribution < 1.29 is 17.7 Å². The van der Waals surface area contributed by atoms with Crippen molar-refractivity contribution in [3.63, 3.8) is 0 Å². The van der Waals surface area contributed by atoms with E-state index in [0.29, 0.717) is 6.42 Å². The van der Waals surface area contributed by atoms with Gasteiger partial charge in [-0.25, -0.2) is 0 Å². The third-order valence-corrected chi connectivity index (χ3v) is 4.56. The van der Waals surface area contributed by atoms with Crippen LogP contribution in [0.3, 0.4) is 0 Å². The molecule has 0 aromatic carbocycles. The predicted octanol–water partition coefficient (Wildman–Crippen LogP) is 5.51. The highest BCUT2D eigenvalue weighted by molar-refractivity contribution is 7.85. The van der Waals surface area contributed by atoms with Crippen molar-refractivity contribution >= 4 is 10.1 Å². The second kappa shape index (κ2) is 16.2. The first-order valence-corrected chi connectivity index (χ1v) is 10.1. The van der Waals surface area contributed by atoms with Crippen molar-refractivity contribution in [2.24, 2.45) is 0 Å². The van der Waals surface area contributed by atoms with Gasteiger partial charge in [0.25, 0.3) is 10.1 Å². The maximum absolute atomic E-state index is 10.5. The summed E-state index contributed by atoms with van der Waals surface area (Å²) in [6, 6.07) is 0. The lowest BCUT2D eigenvalue weighted by molar-refractivity contribution is 0.478. The van der Waals surface area contributed by atoms with E-state index in [0.717, 1.165) is 12.8 Å². The first-order chi connectivity index (χ1) is 9.56. The predicted molar refractivity (Wildman–Crippen MR) is 89.2 cm³/mol. The molecule has 21 heavy (non-hydrogen) atoms. The quantitative estimate of drug-likeness (QED) is 0.319. The Kier molecular flexibility index (Phi) is 17.8. The molecule has 0 heterocycles. The summed E-state index contributed by atoms with van der Waals surface area (Å²) >= 11 is 0. The van der Waals surface area contributed by atoms with E-state index in [2.05, 4.69) is 6.92 Å². The number of unbranched alkanes of at least 4 members (excludes halogenated alkanes) is 13. The van der Waals surface area contributed by atoms with Crippen LogP contribution in [0.5, 0.6) is 0 Å². The number of halogens is 1. The van der Waals surface area contributed by atoms with E-state index in [1.54, 1.807) is 0 Å². The van der Waals surface area contributed by atoms with Crippen LogP contribution < -0.4 is 0 Å². The molecule has 0 unspecified atom stereocenters. The van der Waals surface area contributed by atoms with Gasteiger partial charge < -0.3 is 0 Å². The summed E-state index contributed by atoms with van der Waals surface area (Å²) in [6.07, 6.45) is 17.4. The summed E-state index contributed by atoms with van der Waals surface area (Å²) in [5.41, 5.74) is 0. The third-order valence-electron chi connectivity index (χ3n) is 3.76. The van der Waals surface area contributed by atoms with E-state index in [-0.39, 0.29) is 10.5 Å². The molecule has 0 spiro atoms. The minimum Gasteiger partial charge on any atom is -0.286 e. The Bertz CT molecular complexity index is 292. The number of rotatable bonds is 15. The fourth-order valence-electron chi connectivity index (χ4n) is 2.48. The van der Waals surface area contributed by atoms with Crippen molar-refractivity contribution in [3.8, 4) is 0 Å². The zero-order valence-electron chi connectivity index (χ0n) is 13.7. The molecular weight excluding hydrogens is 291 g/mol. The van der Waals surface area contributed by atoms with Gasteiger partial charge in [0.05, 0.1) is 5.75 Å². The summed E-state index contributed by atoms with van der Waals surface area (Å²) in [5.74, 6) is -0.0783. The van der Waals surface area contributed by atoms with Gasteiger partial charge in [0.2, 0.25) is 0 Å². The standard InChI is InChI=1S/C16H34O3S.FH/c1-2-3-4-5-6-7-8-9-10-11-12-13-14-15-16-20(17,18)19;/h2-16H2,1H3,(H,17,18,19);1H. The minimum absolute atomic E-state index is 0. The van der Waals surface area contributed by atoms with Crippen LogP contribution in [0.15, 0.2) is 0 Å². The lowest BCUT2D eigenvalue weighted by atomic mass is 10.0. The summed E-state index contributed by atoms with van der Waals surface area (Å²) in [7, 11) is -3.74. The molecule has 0 radical (unpaired) electrons. The molecule has 0 aromatic heterocycles. The molecule has 0 atom stereocenters. The van der Waals surface area contributed by atoms with Gasteiger partial charge in [-0.05, 0) is 6.42 Å². The summed E-state index contributed by atoms with van der Waals surface area (Å²) < 4.78 is 29.6. The van der Waals surface area contributed by atoms with Crippen LogP contribution in [0.1, 0.15) is 96.8 Å². The van der Waals surface area contributed by atoms with Crippen LogP contribution in [0.25, 0.3) is 0 Å². The molecule has 0 fully saturated rings. The first-order valence-electron chi connectivity index (χ1n) is 8.51. The third kappa shape index (κ3) is 22.3. The van der Waals surface area contributed by atoms with Crippen molar-refractivity contribution in [2.75, 3.05) is 5.75 Å². The molecule has 0 rings (SSSR count). The Balaban J connectivity index is 0. The summed E-state index contributed by atoms with van der Waals surface area (Å²) in [5, 5.41) is 0. The van der Waals surface area contributed by atoms with E-state index in [1.165, 1.54) is 70.6 Å². The van der Waals surface area contributed by atoms with E-state index >= 15 is 0 Å². The van der Waals surface area contributed by atoms with E-state index in [4.69, 9.17) is 4.55 Å². The highest BCUT2D eigenvalue weighted by atomic mass is 32.2. The maximum Gasteiger partial charge on any atom is 0.264 e. The van der Waals surface area contributed by atoms with Gasteiger partial charge in [-0.2, -0.15) is 8.42 Å². The van der Waals surface area contributed by atoms with Crippen LogP contribution in [0.4, 0.5) is 4.70 Å². The van der Waals surface area contributed by atoms with Crippen LogP contribution in [0.2, 0.25) is 0 Å². The second-order valence-electron chi connectivity index (χ2n) is 5.88. The molecule has 0 aliphatic heterocycles. The Morgan fingerprint density at radius 1 is 0.619 bits per heavy atom. The van der Waals surface area contributed by atoms with Gasteiger partial charge in [-0.15, -0.1) is 0 Å². The van der Waals surface area contributed by atoms with Crippen molar-refractivity contribution in [3.05, 3.63) is 0 Å². The molecule has 0 aliphatic carbocycles. The number of hydrogen-bond donors (Lipinski definition) is 1. The van der Waals surface area contributed by atoms with Crippen molar-refractivity contribution in [1.82, 2.24) is 0 Å². The van der Waals surface area contributed by atoms with Crippen molar-refractivity contribution in [1.29, 1.82) is 0 Å². The average Bonchev–Trinajstić information content (AvgIpc) is 2.38. The molecule has 0 aromatic rings. The van der Waals surface area contributed by atoms with Gasteiger partial charge in [0.15, 0.2) is 0 Å². The smallest absolute Gasteiger partial charge is 0.264 e. The van der Waals surface area contributed by atoms with Crippen molar-refractivity contribution in [2.45, 2.75) is 96.8 Å². The van der Waals surface area contributed by atoms with Crippen LogP contribution in [-0.4, -0.2) is 18.7 Å². The van der Waals surface area contributed by atoms with Gasteiger partial charge in [0, 0.05) is 0 Å². The summed E-state index contributed by atoms with van der Waals surface area (Å²) in [6.45, 7) is 2.25. The van der Waals surface area contributed by atoms with Gasteiger partial charge in [-0.1, -0.05) is 90.4 Å². The van der Waals surface area contributed by atoms with Crippen LogP contribution in [0, 0.1) is 0 Å². The molecular formula is C16H35FO3S. The van der Waals surface area contributed by atoms with E-state index in [9.17, 15) is 8.42 Å². The van der Waals surface area contributed by atoms with E-state index < -0.39 is 10.1 Å². The zero-order valence-corrected chi connectivity index (χ0v) is 14.5. The molecule has 5 heteroatoms. The highest BCUT2D eigenvalue weighted by Gasteiger charge is 2.02. The second-order valence-corrected chi connectivity index (χ2v) is 7.45. The molecule has 3 nitrogen and oxygen atoms in total. The monoisotopic (exact) mass is 326 g/mol. The number of hydrogen-bond acceptors (Lipinski definition) is 2. The first kappa shape index (κ1) is 23.1. The Morgan fingerprint density at radius 2 is 0.905 bits per heavy atom. The molecule has 0 bridgehead atoms. The topological polar surface area (TPSA) is 54.4 Å². The summed E-state index contributed by atoms with van der Waals surface area (Å²) in [4.78, 5) is 0. The average molecular weight is 327 g/mol. The normalized spacial score (nSPS) is 11.3. The fraction of sp³-hybridized carbons (Fsp3) is 1.00. The molecule has 130 valence electrons. The minimum atomic E-state index is -3.74. The maximum atomic E-state index is 10.5. The van der Waals surface area contributed by atoms with Crippen LogP contribution in [-0.2, 0) is 10.1 Å². The molecule has 0 amide bonds. The SMILES string of the molecule is CCCCCCCCCCCCCCCCS(=O)(=O)O.F. The lowest BCUT2D eigenvalue weighted by Crippen LogP contribution is -2.03. The van der Waals surface area contributed by atoms with Gasteiger partial charge in [-0.3, -0.25) is 9.26 Å².